The van der Waals surface area contributed by atoms with Crippen molar-refractivity contribution in [2.24, 2.45) is 0 Å². The quantitative estimate of drug-likeness (QED) is 0.680. The van der Waals surface area contributed by atoms with Gasteiger partial charge >= 0.3 is 12.0 Å². The highest BCUT2D eigenvalue weighted by molar-refractivity contribution is 9.10. The van der Waals surface area contributed by atoms with Crippen molar-refractivity contribution in [2.45, 2.75) is 6.10 Å². The average Bonchev–Trinajstić information content (AvgIpc) is 2.71. The number of carbonyl (C=O) groups is 3. The van der Waals surface area contributed by atoms with E-state index in [4.69, 9.17) is 14.2 Å². The Bertz CT molecular complexity index is 871. The summed E-state index contributed by atoms with van der Waals surface area (Å²) >= 11 is 3.26. The fourth-order valence-electron chi connectivity index (χ4n) is 2.38. The highest BCUT2D eigenvalue weighted by Crippen LogP contribution is 2.30. The molecule has 1 atom stereocenters. The molecule has 1 unspecified atom stereocenters. The van der Waals surface area contributed by atoms with Crippen LogP contribution in [-0.4, -0.2) is 43.8 Å². The molecule has 0 saturated heterocycles. The van der Waals surface area contributed by atoms with Gasteiger partial charge in [-0.1, -0.05) is 28.1 Å². The van der Waals surface area contributed by atoms with Crippen LogP contribution in [-0.2, 0) is 9.53 Å². The Kier molecular flexibility index (Phi) is 6.49. The molecule has 0 spiro atoms. The largest absolute Gasteiger partial charge is 0.486 e. The maximum absolute atomic E-state index is 11.8. The maximum Gasteiger partial charge on any atom is 0.338 e. The second-order valence-corrected chi connectivity index (χ2v) is 6.75. The molecule has 3 rings (SSSR count). The fourth-order valence-corrected chi connectivity index (χ4v) is 2.64. The SMILES string of the molecule is O=C(COC(=O)c1ccc(Br)cc1)NC(=O)NCC1COc2ccccc2O1. The molecule has 9 heteroatoms. The van der Waals surface area contributed by atoms with E-state index in [1.165, 1.54) is 0 Å². The smallest absolute Gasteiger partial charge is 0.338 e. The number of nitrogens with one attached hydrogen (secondary N) is 2. The predicted molar refractivity (Wildman–Crippen MR) is 102 cm³/mol. The normalized spacial score (nSPS) is 14.7. The zero-order valence-electron chi connectivity index (χ0n) is 14.6. The van der Waals surface area contributed by atoms with E-state index < -0.39 is 24.5 Å². The van der Waals surface area contributed by atoms with Crippen molar-refractivity contribution in [1.82, 2.24) is 10.6 Å². The molecule has 0 fully saturated rings. The van der Waals surface area contributed by atoms with E-state index in [9.17, 15) is 14.4 Å². The Morgan fingerprint density at radius 3 is 2.54 bits per heavy atom. The number of ether oxygens (including phenoxy) is 3. The molecule has 2 aromatic rings. The molecular weight excluding hydrogens is 432 g/mol. The van der Waals surface area contributed by atoms with Crippen LogP contribution in [0, 0.1) is 0 Å². The first-order valence-electron chi connectivity index (χ1n) is 8.40. The number of para-hydroxylation sites is 2. The number of hydrogen-bond donors (Lipinski definition) is 2. The van der Waals surface area contributed by atoms with Crippen LogP contribution in [0.4, 0.5) is 4.79 Å². The van der Waals surface area contributed by atoms with E-state index >= 15 is 0 Å². The Balaban J connectivity index is 1.37. The van der Waals surface area contributed by atoms with Crippen LogP contribution in [0.3, 0.4) is 0 Å². The minimum Gasteiger partial charge on any atom is -0.486 e. The Hall–Kier alpha value is -3.07. The second-order valence-electron chi connectivity index (χ2n) is 5.84. The third-order valence-electron chi connectivity index (χ3n) is 3.73. The number of esters is 1. The number of imide groups is 1. The summed E-state index contributed by atoms with van der Waals surface area (Å²) in [5.74, 6) is -0.161. The summed E-state index contributed by atoms with van der Waals surface area (Å²) < 4.78 is 16.9. The maximum atomic E-state index is 11.8. The summed E-state index contributed by atoms with van der Waals surface area (Å²) in [7, 11) is 0. The molecule has 3 amide bonds. The summed E-state index contributed by atoms with van der Waals surface area (Å²) in [4.78, 5) is 35.4. The van der Waals surface area contributed by atoms with E-state index in [0.717, 1.165) is 4.47 Å². The van der Waals surface area contributed by atoms with Gasteiger partial charge in [0.2, 0.25) is 0 Å². The van der Waals surface area contributed by atoms with E-state index in [0.29, 0.717) is 17.1 Å². The lowest BCUT2D eigenvalue weighted by Crippen LogP contribution is -2.46. The number of hydrogen-bond acceptors (Lipinski definition) is 6. The molecule has 28 heavy (non-hydrogen) atoms. The molecule has 2 N–H and O–H groups in total. The third-order valence-corrected chi connectivity index (χ3v) is 4.25. The van der Waals surface area contributed by atoms with Gasteiger partial charge in [-0.15, -0.1) is 0 Å². The van der Waals surface area contributed by atoms with Gasteiger partial charge in [0, 0.05) is 4.47 Å². The molecule has 1 heterocycles. The lowest BCUT2D eigenvalue weighted by atomic mass is 10.2. The van der Waals surface area contributed by atoms with Crippen molar-refractivity contribution in [3.05, 3.63) is 58.6 Å². The van der Waals surface area contributed by atoms with Gasteiger partial charge in [-0.2, -0.15) is 0 Å². The third kappa shape index (κ3) is 5.46. The molecule has 1 aliphatic heterocycles. The zero-order chi connectivity index (χ0) is 19.9. The topological polar surface area (TPSA) is 103 Å². The van der Waals surface area contributed by atoms with Gasteiger partial charge in [0.15, 0.2) is 24.2 Å². The lowest BCUT2D eigenvalue weighted by Gasteiger charge is -2.26. The van der Waals surface area contributed by atoms with Crippen molar-refractivity contribution >= 4 is 33.8 Å². The molecule has 1 aliphatic rings. The van der Waals surface area contributed by atoms with E-state index in [2.05, 4.69) is 26.6 Å². The molecule has 146 valence electrons. The fraction of sp³-hybridized carbons (Fsp3) is 0.211. The van der Waals surface area contributed by atoms with Crippen LogP contribution in [0.5, 0.6) is 11.5 Å². The van der Waals surface area contributed by atoms with Gasteiger partial charge in [0.25, 0.3) is 5.91 Å². The first-order chi connectivity index (χ1) is 13.5. The number of carbonyl (C=O) groups excluding carboxylic acids is 3. The summed E-state index contributed by atoms with van der Waals surface area (Å²) in [6.45, 7) is -0.152. The molecule has 0 saturated carbocycles. The second kappa shape index (κ2) is 9.23. The lowest BCUT2D eigenvalue weighted by molar-refractivity contribution is -0.123. The molecule has 0 radical (unpaired) electrons. The molecule has 0 bridgehead atoms. The number of rotatable bonds is 5. The molecule has 8 nitrogen and oxygen atoms in total. The van der Waals surface area contributed by atoms with E-state index in [1.54, 1.807) is 36.4 Å². The molecular formula is C19H17BrN2O6. The highest BCUT2D eigenvalue weighted by Gasteiger charge is 2.21. The Morgan fingerprint density at radius 2 is 1.79 bits per heavy atom. The summed E-state index contributed by atoms with van der Waals surface area (Å²) in [6, 6.07) is 13.0. The van der Waals surface area contributed by atoms with Crippen LogP contribution >= 0.6 is 15.9 Å². The van der Waals surface area contributed by atoms with Crippen molar-refractivity contribution in [3.8, 4) is 11.5 Å². The number of fused-ring (bicyclic) bond motifs is 1. The zero-order valence-corrected chi connectivity index (χ0v) is 16.2. The average molecular weight is 449 g/mol. The van der Waals surface area contributed by atoms with Gasteiger partial charge in [-0.25, -0.2) is 9.59 Å². The van der Waals surface area contributed by atoms with Gasteiger partial charge < -0.3 is 19.5 Å². The minimum absolute atomic E-state index is 0.145. The van der Waals surface area contributed by atoms with Crippen molar-refractivity contribution < 1.29 is 28.6 Å². The predicted octanol–water partition coefficient (Wildman–Crippen LogP) is 2.27. The first-order valence-corrected chi connectivity index (χ1v) is 9.19. The van der Waals surface area contributed by atoms with Crippen LogP contribution in [0.15, 0.2) is 53.0 Å². The number of urea groups is 1. The van der Waals surface area contributed by atoms with Crippen molar-refractivity contribution in [3.63, 3.8) is 0 Å². The van der Waals surface area contributed by atoms with Crippen molar-refractivity contribution in [1.29, 1.82) is 0 Å². The summed E-state index contributed by atoms with van der Waals surface area (Å²) in [6.07, 6.45) is -0.383. The summed E-state index contributed by atoms with van der Waals surface area (Å²) in [5.41, 5.74) is 0.301. The molecule has 0 aliphatic carbocycles. The molecule has 0 aromatic heterocycles. The van der Waals surface area contributed by atoms with Gasteiger partial charge in [0.05, 0.1) is 12.1 Å². The first kappa shape index (κ1) is 19.7. The number of halogens is 1. The minimum atomic E-state index is -0.742. The standard InChI is InChI=1S/C19H17BrN2O6/c20-13-7-5-12(6-8-13)18(24)27-11-17(23)22-19(25)21-9-14-10-26-15-3-1-2-4-16(15)28-14/h1-8,14H,9-11H2,(H2,21,22,23,25). The van der Waals surface area contributed by atoms with E-state index in [-0.39, 0.29) is 19.3 Å². The van der Waals surface area contributed by atoms with Crippen LogP contribution in [0.1, 0.15) is 10.4 Å². The number of benzene rings is 2. The van der Waals surface area contributed by atoms with Crippen LogP contribution < -0.4 is 20.1 Å². The van der Waals surface area contributed by atoms with Crippen molar-refractivity contribution in [2.75, 3.05) is 19.8 Å². The highest BCUT2D eigenvalue weighted by atomic mass is 79.9. The van der Waals surface area contributed by atoms with Crippen LogP contribution in [0.25, 0.3) is 0 Å². The number of amides is 3. The van der Waals surface area contributed by atoms with Crippen LogP contribution in [0.2, 0.25) is 0 Å². The monoisotopic (exact) mass is 448 g/mol. The summed E-state index contributed by atoms with van der Waals surface area (Å²) in [5, 5.41) is 4.60. The van der Waals surface area contributed by atoms with Gasteiger partial charge in [-0.3, -0.25) is 10.1 Å². The van der Waals surface area contributed by atoms with Gasteiger partial charge in [-0.05, 0) is 36.4 Å². The Labute approximate surface area is 169 Å². The van der Waals surface area contributed by atoms with Gasteiger partial charge in [0.1, 0.15) is 6.61 Å². The van der Waals surface area contributed by atoms with E-state index in [1.807, 2.05) is 12.1 Å². The Morgan fingerprint density at radius 1 is 1.07 bits per heavy atom. The molecule has 2 aromatic carbocycles.